The maximum atomic E-state index is 11.0. The number of hydrogen-bond acceptors (Lipinski definition) is 1. The van der Waals surface area contributed by atoms with Crippen LogP contribution in [0.4, 0.5) is 5.69 Å². The molecular weight excluding hydrogens is 301 g/mol. The van der Waals surface area contributed by atoms with Crippen LogP contribution in [0.5, 0.6) is 0 Å². The summed E-state index contributed by atoms with van der Waals surface area (Å²) in [4.78, 5) is 11.0. The van der Waals surface area contributed by atoms with Gasteiger partial charge in [0.1, 0.15) is 0 Å². The minimum atomic E-state index is -0.192. The zero-order valence-electron chi connectivity index (χ0n) is 8.33. The Hall–Kier alpha value is -0.250. The van der Waals surface area contributed by atoms with Crippen molar-refractivity contribution in [3.05, 3.63) is 26.1 Å². The SMILES string of the molecule is CCc1c(Br)cc(Cl)c(NC(C)=O)c1Cl. The van der Waals surface area contributed by atoms with Crippen molar-refractivity contribution in [1.29, 1.82) is 0 Å². The Balaban J connectivity index is 3.32. The molecule has 1 rings (SSSR count). The van der Waals surface area contributed by atoms with Gasteiger partial charge in [0.15, 0.2) is 0 Å². The molecule has 1 aromatic rings. The molecule has 1 N–H and O–H groups in total. The van der Waals surface area contributed by atoms with Gasteiger partial charge in [0, 0.05) is 11.4 Å². The lowest BCUT2D eigenvalue weighted by molar-refractivity contribution is -0.114. The summed E-state index contributed by atoms with van der Waals surface area (Å²) < 4.78 is 0.856. The number of anilines is 1. The quantitative estimate of drug-likeness (QED) is 0.868. The Morgan fingerprint density at radius 3 is 2.60 bits per heavy atom. The molecule has 0 fully saturated rings. The number of rotatable bonds is 2. The Labute approximate surface area is 107 Å². The summed E-state index contributed by atoms with van der Waals surface area (Å²) in [6.07, 6.45) is 0.767. The van der Waals surface area contributed by atoms with E-state index in [1.54, 1.807) is 6.07 Å². The van der Waals surface area contributed by atoms with E-state index >= 15 is 0 Å². The summed E-state index contributed by atoms with van der Waals surface area (Å²) >= 11 is 15.5. The molecule has 15 heavy (non-hydrogen) atoms. The number of amides is 1. The zero-order chi connectivity index (χ0) is 11.6. The average Bonchev–Trinajstić information content (AvgIpc) is 2.12. The van der Waals surface area contributed by atoms with Crippen LogP contribution in [0.25, 0.3) is 0 Å². The van der Waals surface area contributed by atoms with Crippen molar-refractivity contribution in [1.82, 2.24) is 0 Å². The Morgan fingerprint density at radius 1 is 1.53 bits per heavy atom. The minimum absolute atomic E-state index is 0.192. The summed E-state index contributed by atoms with van der Waals surface area (Å²) in [5.74, 6) is -0.192. The van der Waals surface area contributed by atoms with Gasteiger partial charge in [-0.2, -0.15) is 0 Å². The Morgan fingerprint density at radius 2 is 2.13 bits per heavy atom. The van der Waals surface area contributed by atoms with Gasteiger partial charge in [-0.15, -0.1) is 0 Å². The maximum Gasteiger partial charge on any atom is 0.221 e. The van der Waals surface area contributed by atoms with E-state index < -0.39 is 0 Å². The van der Waals surface area contributed by atoms with Gasteiger partial charge in [-0.3, -0.25) is 4.79 Å². The van der Waals surface area contributed by atoms with E-state index in [4.69, 9.17) is 23.2 Å². The fourth-order valence-corrected chi connectivity index (χ4v) is 2.88. The topological polar surface area (TPSA) is 29.1 Å². The largest absolute Gasteiger partial charge is 0.324 e. The monoisotopic (exact) mass is 309 g/mol. The second-order valence-corrected chi connectivity index (χ2v) is 4.68. The third-order valence-corrected chi connectivity index (χ3v) is 3.34. The van der Waals surface area contributed by atoms with Crippen molar-refractivity contribution in [3.8, 4) is 0 Å². The van der Waals surface area contributed by atoms with Crippen molar-refractivity contribution in [2.24, 2.45) is 0 Å². The molecule has 0 saturated carbocycles. The number of benzene rings is 1. The third-order valence-electron chi connectivity index (χ3n) is 1.92. The number of nitrogens with one attached hydrogen (secondary N) is 1. The lowest BCUT2D eigenvalue weighted by atomic mass is 10.1. The van der Waals surface area contributed by atoms with Gasteiger partial charge in [0.25, 0.3) is 0 Å². The highest BCUT2D eigenvalue weighted by atomic mass is 79.9. The second-order valence-electron chi connectivity index (χ2n) is 3.04. The number of halogens is 3. The normalized spacial score (nSPS) is 10.2. The van der Waals surface area contributed by atoms with Crippen molar-refractivity contribution in [2.75, 3.05) is 5.32 Å². The molecule has 0 saturated heterocycles. The smallest absolute Gasteiger partial charge is 0.221 e. The van der Waals surface area contributed by atoms with Gasteiger partial charge >= 0.3 is 0 Å². The predicted octanol–water partition coefficient (Wildman–Crippen LogP) is 4.28. The maximum absolute atomic E-state index is 11.0. The first-order valence-corrected chi connectivity index (χ1v) is 5.96. The van der Waals surface area contributed by atoms with E-state index in [9.17, 15) is 4.79 Å². The molecule has 0 spiro atoms. The fourth-order valence-electron chi connectivity index (χ4n) is 1.25. The minimum Gasteiger partial charge on any atom is -0.324 e. The van der Waals surface area contributed by atoms with Crippen LogP contribution in [-0.4, -0.2) is 5.91 Å². The summed E-state index contributed by atoms with van der Waals surface area (Å²) in [5, 5.41) is 3.54. The molecule has 2 nitrogen and oxygen atoms in total. The number of hydrogen-bond donors (Lipinski definition) is 1. The van der Waals surface area contributed by atoms with E-state index in [-0.39, 0.29) is 5.91 Å². The molecule has 0 radical (unpaired) electrons. The molecule has 5 heteroatoms. The molecule has 0 atom stereocenters. The van der Waals surface area contributed by atoms with E-state index in [1.807, 2.05) is 6.92 Å². The first-order valence-electron chi connectivity index (χ1n) is 4.41. The van der Waals surface area contributed by atoms with Gasteiger partial charge in [-0.1, -0.05) is 46.1 Å². The molecule has 0 aliphatic heterocycles. The summed E-state index contributed by atoms with van der Waals surface area (Å²) in [6, 6.07) is 1.73. The zero-order valence-corrected chi connectivity index (χ0v) is 11.4. The van der Waals surface area contributed by atoms with Crippen molar-refractivity contribution in [2.45, 2.75) is 20.3 Å². The van der Waals surface area contributed by atoms with Crippen LogP contribution in [0.15, 0.2) is 10.5 Å². The van der Waals surface area contributed by atoms with Crippen LogP contribution < -0.4 is 5.32 Å². The summed E-state index contributed by atoms with van der Waals surface area (Å²) in [7, 11) is 0. The fraction of sp³-hybridized carbons (Fsp3) is 0.300. The summed E-state index contributed by atoms with van der Waals surface area (Å²) in [6.45, 7) is 3.40. The van der Waals surface area contributed by atoms with Crippen LogP contribution in [0.3, 0.4) is 0 Å². The van der Waals surface area contributed by atoms with E-state index in [0.717, 1.165) is 16.5 Å². The highest BCUT2D eigenvalue weighted by Crippen LogP contribution is 2.38. The highest BCUT2D eigenvalue weighted by Gasteiger charge is 2.14. The first-order chi connectivity index (χ1) is 6.97. The second kappa shape index (κ2) is 5.19. The van der Waals surface area contributed by atoms with Gasteiger partial charge in [0.2, 0.25) is 5.91 Å². The van der Waals surface area contributed by atoms with Gasteiger partial charge in [-0.25, -0.2) is 0 Å². The molecule has 0 bridgehead atoms. The van der Waals surface area contributed by atoms with Crippen molar-refractivity contribution >= 4 is 50.7 Å². The van der Waals surface area contributed by atoms with Gasteiger partial charge in [0.05, 0.1) is 15.7 Å². The van der Waals surface area contributed by atoms with Crippen LogP contribution in [0.1, 0.15) is 19.4 Å². The molecule has 0 aliphatic rings. The highest BCUT2D eigenvalue weighted by molar-refractivity contribution is 9.10. The van der Waals surface area contributed by atoms with Crippen molar-refractivity contribution in [3.63, 3.8) is 0 Å². The third kappa shape index (κ3) is 2.86. The predicted molar refractivity (Wildman–Crippen MR) is 67.8 cm³/mol. The molecule has 1 aromatic carbocycles. The molecule has 1 amide bonds. The number of carbonyl (C=O) groups is 1. The van der Waals surface area contributed by atoms with Crippen LogP contribution in [-0.2, 0) is 11.2 Å². The molecule has 0 aromatic heterocycles. The molecule has 0 aliphatic carbocycles. The van der Waals surface area contributed by atoms with Crippen molar-refractivity contribution < 1.29 is 4.79 Å². The van der Waals surface area contributed by atoms with E-state index in [2.05, 4.69) is 21.2 Å². The molecule has 0 unspecified atom stereocenters. The standard InChI is InChI=1S/C10H10BrCl2NO/c1-3-6-7(11)4-8(12)10(9(6)13)14-5(2)15/h4H,3H2,1-2H3,(H,14,15). The van der Waals surface area contributed by atoms with E-state index in [1.165, 1.54) is 6.92 Å². The number of carbonyl (C=O) groups excluding carboxylic acids is 1. The van der Waals surface area contributed by atoms with Crippen LogP contribution in [0, 0.1) is 0 Å². The molecule has 0 heterocycles. The lowest BCUT2D eigenvalue weighted by Crippen LogP contribution is -2.07. The van der Waals surface area contributed by atoms with E-state index in [0.29, 0.717) is 15.7 Å². The van der Waals surface area contributed by atoms with Crippen LogP contribution >= 0.6 is 39.1 Å². The molecular formula is C10H10BrCl2NO. The van der Waals surface area contributed by atoms with Gasteiger partial charge in [-0.05, 0) is 18.1 Å². The molecule has 82 valence electrons. The van der Waals surface area contributed by atoms with Gasteiger partial charge < -0.3 is 5.32 Å². The summed E-state index contributed by atoms with van der Waals surface area (Å²) in [5.41, 5.74) is 1.41. The van der Waals surface area contributed by atoms with Crippen LogP contribution in [0.2, 0.25) is 10.0 Å². The first kappa shape index (κ1) is 12.8. The Bertz CT molecular complexity index is 407. The average molecular weight is 311 g/mol. The lowest BCUT2D eigenvalue weighted by Gasteiger charge is -2.12. The Kier molecular flexibility index (Phi) is 4.44.